The second kappa shape index (κ2) is 6.76. The van der Waals surface area contributed by atoms with E-state index >= 15 is 0 Å². The van der Waals surface area contributed by atoms with Gasteiger partial charge >= 0.3 is 6.01 Å². The van der Waals surface area contributed by atoms with Gasteiger partial charge in [0.25, 0.3) is 5.89 Å². The number of likely N-dealkylation sites (tertiary alicyclic amines) is 1. The van der Waals surface area contributed by atoms with E-state index in [-0.39, 0.29) is 18.5 Å². The molecule has 2 aromatic heterocycles. The highest BCUT2D eigenvalue weighted by Crippen LogP contribution is 2.53. The molecule has 28 heavy (non-hydrogen) atoms. The Kier molecular flexibility index (Phi) is 4.21. The van der Waals surface area contributed by atoms with E-state index in [1.165, 1.54) is 25.7 Å². The van der Waals surface area contributed by atoms with Gasteiger partial charge in [0.05, 0.1) is 13.7 Å². The number of aromatic nitrogens is 3. The average molecular weight is 383 g/mol. The lowest BCUT2D eigenvalue weighted by molar-refractivity contribution is -0.130. The van der Waals surface area contributed by atoms with E-state index < -0.39 is 0 Å². The maximum atomic E-state index is 12.4. The van der Waals surface area contributed by atoms with Crippen LogP contribution in [0.25, 0.3) is 11.6 Å². The number of carbonyl (C=O) groups is 1. The van der Waals surface area contributed by atoms with Gasteiger partial charge in [0.1, 0.15) is 5.69 Å². The van der Waals surface area contributed by atoms with Crippen LogP contribution in [0, 0.1) is 5.41 Å². The highest BCUT2D eigenvalue weighted by atomic mass is 16.5. The first-order valence-corrected chi connectivity index (χ1v) is 10.1. The van der Waals surface area contributed by atoms with Gasteiger partial charge in [0.2, 0.25) is 11.8 Å². The van der Waals surface area contributed by atoms with Gasteiger partial charge in [0, 0.05) is 18.7 Å². The lowest BCUT2D eigenvalue weighted by Gasteiger charge is -2.32. The van der Waals surface area contributed by atoms with Crippen molar-refractivity contribution < 1.29 is 13.9 Å². The van der Waals surface area contributed by atoms with Crippen molar-refractivity contribution in [1.82, 2.24) is 20.1 Å². The first-order valence-electron chi connectivity index (χ1n) is 10.1. The number of rotatable bonds is 6. The third-order valence-corrected chi connectivity index (χ3v) is 6.27. The van der Waals surface area contributed by atoms with Gasteiger partial charge < -0.3 is 19.4 Å². The van der Waals surface area contributed by atoms with E-state index in [0.29, 0.717) is 28.8 Å². The molecular weight excluding hydrogens is 358 g/mol. The highest BCUT2D eigenvalue weighted by molar-refractivity contribution is 5.80. The van der Waals surface area contributed by atoms with Crippen LogP contribution in [0.3, 0.4) is 0 Å². The van der Waals surface area contributed by atoms with Gasteiger partial charge in [-0.25, -0.2) is 4.98 Å². The number of ether oxygens (including phenoxy) is 1. The zero-order chi connectivity index (χ0) is 19.1. The standard InChI is InChI=1S/C20H25N5O3/c1-27-17-14(13-2-3-13)4-5-15(22-17)18-23-24-19(28-18)21-12-16(26)25-10-8-20(6-7-20)9-11-25/h4-5,13H,2-3,6-12H2,1H3,(H,21,24). The van der Waals surface area contributed by atoms with E-state index in [9.17, 15) is 4.79 Å². The normalized spacial score (nSPS) is 20.2. The van der Waals surface area contributed by atoms with E-state index in [1.807, 2.05) is 17.0 Å². The Morgan fingerprint density at radius 2 is 2.04 bits per heavy atom. The summed E-state index contributed by atoms with van der Waals surface area (Å²) in [5.41, 5.74) is 2.26. The number of nitrogens with zero attached hydrogens (tertiary/aromatic N) is 4. The van der Waals surface area contributed by atoms with E-state index in [0.717, 1.165) is 31.5 Å². The smallest absolute Gasteiger partial charge is 0.316 e. The Bertz CT molecular complexity index is 878. The molecule has 2 aromatic rings. The minimum Gasteiger partial charge on any atom is -0.481 e. The topological polar surface area (TPSA) is 93.4 Å². The summed E-state index contributed by atoms with van der Waals surface area (Å²) in [6.45, 7) is 1.87. The second-order valence-corrected chi connectivity index (χ2v) is 8.22. The molecule has 3 heterocycles. The molecule has 2 saturated carbocycles. The molecule has 0 bridgehead atoms. The van der Waals surface area contributed by atoms with Crippen LogP contribution in [0.1, 0.15) is 50.0 Å². The zero-order valence-electron chi connectivity index (χ0n) is 16.1. The molecule has 3 aliphatic rings. The van der Waals surface area contributed by atoms with Crippen LogP contribution >= 0.6 is 0 Å². The Balaban J connectivity index is 1.20. The fraction of sp³-hybridized carbons (Fsp3) is 0.600. The summed E-state index contributed by atoms with van der Waals surface area (Å²) >= 11 is 0. The number of pyridine rings is 1. The predicted molar refractivity (Wildman–Crippen MR) is 102 cm³/mol. The predicted octanol–water partition coefficient (Wildman–Crippen LogP) is 2.83. The van der Waals surface area contributed by atoms with Crippen LogP contribution in [-0.4, -0.2) is 52.7 Å². The van der Waals surface area contributed by atoms with Gasteiger partial charge in [-0.15, -0.1) is 5.10 Å². The zero-order valence-corrected chi connectivity index (χ0v) is 16.1. The van der Waals surface area contributed by atoms with Crippen LogP contribution < -0.4 is 10.1 Å². The summed E-state index contributed by atoms with van der Waals surface area (Å²) in [7, 11) is 1.62. The van der Waals surface area contributed by atoms with Crippen LogP contribution in [0.15, 0.2) is 16.5 Å². The van der Waals surface area contributed by atoms with Gasteiger partial charge in [-0.05, 0) is 55.9 Å². The summed E-state index contributed by atoms with van der Waals surface area (Å²) in [6, 6.07) is 4.12. The molecule has 0 unspecified atom stereocenters. The maximum absolute atomic E-state index is 12.4. The van der Waals surface area contributed by atoms with Crippen LogP contribution in [0.5, 0.6) is 5.88 Å². The van der Waals surface area contributed by atoms with Crippen molar-refractivity contribution in [2.75, 3.05) is 32.1 Å². The van der Waals surface area contributed by atoms with Crippen molar-refractivity contribution in [1.29, 1.82) is 0 Å². The van der Waals surface area contributed by atoms with Crippen molar-refractivity contribution in [3.8, 4) is 17.5 Å². The number of carbonyl (C=O) groups excluding carboxylic acids is 1. The van der Waals surface area contributed by atoms with E-state index in [1.54, 1.807) is 7.11 Å². The molecule has 8 nitrogen and oxygen atoms in total. The Morgan fingerprint density at radius 1 is 1.25 bits per heavy atom. The summed E-state index contributed by atoms with van der Waals surface area (Å²) < 4.78 is 11.1. The van der Waals surface area contributed by atoms with Gasteiger partial charge in [0.15, 0.2) is 0 Å². The fourth-order valence-electron chi connectivity index (χ4n) is 4.01. The first-order chi connectivity index (χ1) is 13.7. The lowest BCUT2D eigenvalue weighted by atomic mass is 9.94. The van der Waals surface area contributed by atoms with Crippen molar-refractivity contribution >= 4 is 11.9 Å². The van der Waals surface area contributed by atoms with Crippen LogP contribution in [-0.2, 0) is 4.79 Å². The van der Waals surface area contributed by atoms with Crippen molar-refractivity contribution in [3.63, 3.8) is 0 Å². The number of amides is 1. The number of anilines is 1. The third kappa shape index (κ3) is 3.43. The average Bonchev–Trinajstić information content (AvgIpc) is 3.66. The monoisotopic (exact) mass is 383 g/mol. The third-order valence-electron chi connectivity index (χ3n) is 6.27. The maximum Gasteiger partial charge on any atom is 0.316 e. The molecule has 1 amide bonds. The molecule has 8 heteroatoms. The van der Waals surface area contributed by atoms with E-state index in [4.69, 9.17) is 9.15 Å². The summed E-state index contributed by atoms with van der Waals surface area (Å²) in [5, 5.41) is 11.0. The summed E-state index contributed by atoms with van der Waals surface area (Å²) in [5.74, 6) is 1.54. The summed E-state index contributed by atoms with van der Waals surface area (Å²) in [6.07, 6.45) is 7.29. The van der Waals surface area contributed by atoms with Crippen molar-refractivity contribution in [3.05, 3.63) is 17.7 Å². The van der Waals surface area contributed by atoms with Crippen LogP contribution in [0.4, 0.5) is 6.01 Å². The van der Waals surface area contributed by atoms with Crippen molar-refractivity contribution in [2.45, 2.75) is 44.4 Å². The molecule has 0 aromatic carbocycles. The largest absolute Gasteiger partial charge is 0.481 e. The molecule has 1 saturated heterocycles. The number of hydrogen-bond donors (Lipinski definition) is 1. The lowest BCUT2D eigenvalue weighted by Crippen LogP contribution is -2.41. The second-order valence-electron chi connectivity index (χ2n) is 8.22. The molecular formula is C20H25N5O3. The highest BCUT2D eigenvalue weighted by Gasteiger charge is 2.45. The number of piperidine rings is 1. The summed E-state index contributed by atoms with van der Waals surface area (Å²) in [4.78, 5) is 18.8. The minimum atomic E-state index is 0.0730. The number of hydrogen-bond acceptors (Lipinski definition) is 7. The molecule has 148 valence electrons. The van der Waals surface area contributed by atoms with Gasteiger partial charge in [-0.3, -0.25) is 4.79 Å². The fourth-order valence-corrected chi connectivity index (χ4v) is 4.01. The minimum absolute atomic E-state index is 0.0730. The van der Waals surface area contributed by atoms with Crippen molar-refractivity contribution in [2.24, 2.45) is 5.41 Å². The molecule has 2 aliphatic carbocycles. The Hall–Kier alpha value is -2.64. The Morgan fingerprint density at radius 3 is 2.71 bits per heavy atom. The molecule has 1 N–H and O–H groups in total. The van der Waals surface area contributed by atoms with Gasteiger partial charge in [-0.2, -0.15) is 0 Å². The number of nitrogens with one attached hydrogen (secondary N) is 1. The SMILES string of the molecule is COc1nc(-c2nnc(NCC(=O)N3CCC4(CC3)CC4)o2)ccc1C1CC1. The molecule has 3 fully saturated rings. The molecule has 0 atom stereocenters. The molecule has 5 rings (SSSR count). The Labute approximate surface area is 163 Å². The first kappa shape index (κ1) is 17.5. The van der Waals surface area contributed by atoms with Crippen LogP contribution in [0.2, 0.25) is 0 Å². The number of methoxy groups -OCH3 is 1. The molecule has 1 spiro atoms. The molecule has 1 aliphatic heterocycles. The van der Waals surface area contributed by atoms with Gasteiger partial charge in [-0.1, -0.05) is 11.2 Å². The van der Waals surface area contributed by atoms with E-state index in [2.05, 4.69) is 20.5 Å². The molecule has 0 radical (unpaired) electrons. The quantitative estimate of drug-likeness (QED) is 0.820.